The van der Waals surface area contributed by atoms with Crippen molar-refractivity contribution in [1.29, 1.82) is 0 Å². The van der Waals surface area contributed by atoms with E-state index < -0.39 is 0 Å². The SMILES string of the molecule is CNCc1c(C(C)C)n[nH]c1C1CCC1. The van der Waals surface area contributed by atoms with Crippen LogP contribution in [0.2, 0.25) is 0 Å². The molecule has 3 heteroatoms. The predicted octanol–water partition coefficient (Wildman–Crippen LogP) is 2.52. The maximum atomic E-state index is 4.47. The van der Waals surface area contributed by atoms with E-state index in [0.717, 1.165) is 12.5 Å². The third-order valence-electron chi connectivity index (χ3n) is 3.34. The number of hydrogen-bond acceptors (Lipinski definition) is 2. The molecule has 1 aliphatic carbocycles. The van der Waals surface area contributed by atoms with Crippen LogP contribution in [0.4, 0.5) is 0 Å². The maximum Gasteiger partial charge on any atom is 0.0695 e. The van der Waals surface area contributed by atoms with Gasteiger partial charge in [-0.25, -0.2) is 0 Å². The van der Waals surface area contributed by atoms with Crippen LogP contribution in [0.25, 0.3) is 0 Å². The van der Waals surface area contributed by atoms with Crippen LogP contribution in [0.5, 0.6) is 0 Å². The smallest absolute Gasteiger partial charge is 0.0695 e. The van der Waals surface area contributed by atoms with Crippen molar-refractivity contribution < 1.29 is 0 Å². The van der Waals surface area contributed by atoms with Gasteiger partial charge in [0, 0.05) is 23.7 Å². The van der Waals surface area contributed by atoms with Gasteiger partial charge in [-0.1, -0.05) is 20.3 Å². The summed E-state index contributed by atoms with van der Waals surface area (Å²) < 4.78 is 0. The maximum absolute atomic E-state index is 4.47. The Kier molecular flexibility index (Phi) is 3.10. The molecule has 0 amide bonds. The minimum atomic E-state index is 0.512. The lowest BCUT2D eigenvalue weighted by molar-refractivity contribution is 0.407. The summed E-state index contributed by atoms with van der Waals surface area (Å²) in [7, 11) is 2.00. The fourth-order valence-electron chi connectivity index (χ4n) is 2.27. The Bertz CT molecular complexity index is 324. The standard InChI is InChI=1S/C12H21N3/c1-8(2)11-10(7-13-3)12(15-14-11)9-5-4-6-9/h8-9,13H,4-7H2,1-3H3,(H,14,15). The number of H-pyrrole nitrogens is 1. The van der Waals surface area contributed by atoms with Gasteiger partial charge in [-0.15, -0.1) is 0 Å². The average molecular weight is 207 g/mol. The summed E-state index contributed by atoms with van der Waals surface area (Å²) in [6, 6.07) is 0. The number of hydrogen-bond donors (Lipinski definition) is 2. The Morgan fingerprint density at radius 2 is 2.20 bits per heavy atom. The van der Waals surface area contributed by atoms with Gasteiger partial charge in [-0.2, -0.15) is 5.10 Å². The first kappa shape index (κ1) is 10.7. The van der Waals surface area contributed by atoms with Crippen LogP contribution in [0, 0.1) is 0 Å². The number of nitrogens with zero attached hydrogens (tertiary/aromatic N) is 1. The van der Waals surface area contributed by atoms with Gasteiger partial charge in [-0.05, 0) is 25.8 Å². The van der Waals surface area contributed by atoms with E-state index in [9.17, 15) is 0 Å². The number of rotatable bonds is 4. The van der Waals surface area contributed by atoms with Gasteiger partial charge in [0.15, 0.2) is 0 Å². The molecule has 84 valence electrons. The van der Waals surface area contributed by atoms with Crippen LogP contribution in [-0.4, -0.2) is 17.2 Å². The van der Waals surface area contributed by atoms with E-state index in [1.54, 1.807) is 0 Å². The predicted molar refractivity (Wildman–Crippen MR) is 62.0 cm³/mol. The van der Waals surface area contributed by atoms with Gasteiger partial charge >= 0.3 is 0 Å². The molecule has 0 saturated heterocycles. The van der Waals surface area contributed by atoms with E-state index in [2.05, 4.69) is 29.4 Å². The highest BCUT2D eigenvalue weighted by Gasteiger charge is 2.26. The molecule has 1 aromatic heterocycles. The van der Waals surface area contributed by atoms with Gasteiger partial charge in [0.05, 0.1) is 5.69 Å². The van der Waals surface area contributed by atoms with E-state index in [-0.39, 0.29) is 0 Å². The summed E-state index contributed by atoms with van der Waals surface area (Å²) in [6.07, 6.45) is 4.03. The molecule has 1 aliphatic rings. The molecule has 1 fully saturated rings. The third kappa shape index (κ3) is 1.93. The first-order valence-corrected chi connectivity index (χ1v) is 5.95. The molecule has 1 heterocycles. The zero-order chi connectivity index (χ0) is 10.8. The highest BCUT2D eigenvalue weighted by atomic mass is 15.1. The Morgan fingerprint density at radius 3 is 2.67 bits per heavy atom. The zero-order valence-corrected chi connectivity index (χ0v) is 9.93. The Labute approximate surface area is 91.7 Å². The number of aromatic amines is 1. The molecule has 1 aromatic rings. The van der Waals surface area contributed by atoms with E-state index in [1.807, 2.05) is 7.05 Å². The monoisotopic (exact) mass is 207 g/mol. The van der Waals surface area contributed by atoms with Gasteiger partial charge in [0.1, 0.15) is 0 Å². The van der Waals surface area contributed by atoms with Crippen molar-refractivity contribution in [2.45, 2.75) is 51.5 Å². The van der Waals surface area contributed by atoms with Gasteiger partial charge in [-0.3, -0.25) is 5.10 Å². The first-order chi connectivity index (χ1) is 7.24. The largest absolute Gasteiger partial charge is 0.316 e. The fourth-order valence-corrected chi connectivity index (χ4v) is 2.27. The Balaban J connectivity index is 2.28. The second-order valence-corrected chi connectivity index (χ2v) is 4.81. The lowest BCUT2D eigenvalue weighted by Gasteiger charge is -2.25. The minimum Gasteiger partial charge on any atom is -0.316 e. The molecule has 15 heavy (non-hydrogen) atoms. The van der Waals surface area contributed by atoms with Crippen molar-refractivity contribution in [3.63, 3.8) is 0 Å². The molecule has 2 N–H and O–H groups in total. The second-order valence-electron chi connectivity index (χ2n) is 4.81. The van der Waals surface area contributed by atoms with Crippen molar-refractivity contribution in [3.05, 3.63) is 17.0 Å². The molecular formula is C12H21N3. The fraction of sp³-hybridized carbons (Fsp3) is 0.750. The lowest BCUT2D eigenvalue weighted by atomic mass is 9.81. The van der Waals surface area contributed by atoms with Crippen molar-refractivity contribution in [2.24, 2.45) is 0 Å². The molecular weight excluding hydrogens is 186 g/mol. The lowest BCUT2D eigenvalue weighted by Crippen LogP contribution is -2.15. The molecule has 3 nitrogen and oxygen atoms in total. The van der Waals surface area contributed by atoms with Crippen molar-refractivity contribution in [1.82, 2.24) is 15.5 Å². The molecule has 0 aliphatic heterocycles. The van der Waals surface area contributed by atoms with Gasteiger partial charge in [0.25, 0.3) is 0 Å². The van der Waals surface area contributed by atoms with E-state index in [4.69, 9.17) is 0 Å². The summed E-state index contributed by atoms with van der Waals surface area (Å²) in [5, 5.41) is 11.0. The second kappa shape index (κ2) is 4.35. The molecule has 0 atom stereocenters. The van der Waals surface area contributed by atoms with Crippen LogP contribution in [0.3, 0.4) is 0 Å². The quantitative estimate of drug-likeness (QED) is 0.796. The highest BCUT2D eigenvalue weighted by molar-refractivity contribution is 5.31. The normalized spacial score (nSPS) is 17.1. The van der Waals surface area contributed by atoms with Crippen LogP contribution in [0.15, 0.2) is 0 Å². The van der Waals surface area contributed by atoms with Crippen LogP contribution in [0.1, 0.15) is 61.9 Å². The molecule has 2 rings (SSSR count). The van der Waals surface area contributed by atoms with Crippen molar-refractivity contribution in [3.8, 4) is 0 Å². The summed E-state index contributed by atoms with van der Waals surface area (Å²) >= 11 is 0. The number of nitrogens with one attached hydrogen (secondary N) is 2. The van der Waals surface area contributed by atoms with E-state index >= 15 is 0 Å². The Hall–Kier alpha value is -0.830. The molecule has 0 spiro atoms. The van der Waals surface area contributed by atoms with Crippen molar-refractivity contribution in [2.75, 3.05) is 7.05 Å². The van der Waals surface area contributed by atoms with Crippen molar-refractivity contribution >= 4 is 0 Å². The van der Waals surface area contributed by atoms with Gasteiger partial charge < -0.3 is 5.32 Å². The number of aromatic nitrogens is 2. The van der Waals surface area contributed by atoms with Crippen LogP contribution < -0.4 is 5.32 Å². The zero-order valence-electron chi connectivity index (χ0n) is 9.93. The molecule has 0 bridgehead atoms. The van der Waals surface area contributed by atoms with Crippen LogP contribution in [-0.2, 0) is 6.54 Å². The highest BCUT2D eigenvalue weighted by Crippen LogP contribution is 2.38. The minimum absolute atomic E-state index is 0.512. The molecule has 0 unspecified atom stereocenters. The van der Waals surface area contributed by atoms with E-state index in [0.29, 0.717) is 5.92 Å². The summed E-state index contributed by atoms with van der Waals surface area (Å²) in [6.45, 7) is 5.36. The molecule has 1 saturated carbocycles. The molecule has 0 radical (unpaired) electrons. The summed E-state index contributed by atoms with van der Waals surface area (Å²) in [4.78, 5) is 0. The average Bonchev–Trinajstić information content (AvgIpc) is 2.47. The summed E-state index contributed by atoms with van der Waals surface area (Å²) in [5.74, 6) is 1.26. The van der Waals surface area contributed by atoms with E-state index in [1.165, 1.54) is 36.2 Å². The van der Waals surface area contributed by atoms with Crippen LogP contribution >= 0.6 is 0 Å². The first-order valence-electron chi connectivity index (χ1n) is 5.95. The summed E-state index contributed by atoms with van der Waals surface area (Å²) in [5.41, 5.74) is 4.04. The third-order valence-corrected chi connectivity index (χ3v) is 3.34. The van der Waals surface area contributed by atoms with Gasteiger partial charge in [0.2, 0.25) is 0 Å². The topological polar surface area (TPSA) is 40.7 Å². The molecule has 0 aromatic carbocycles. The Morgan fingerprint density at radius 1 is 1.47 bits per heavy atom.